The first-order chi connectivity index (χ1) is 2.91. The van der Waals surface area contributed by atoms with Gasteiger partial charge in [-0.2, -0.15) is 13.8 Å². The fourth-order valence-corrected chi connectivity index (χ4v) is 0.333. The molecule has 0 spiro atoms. The summed E-state index contributed by atoms with van der Waals surface area (Å²) < 4.78 is 0. The summed E-state index contributed by atoms with van der Waals surface area (Å²) in [6, 6.07) is 0. The van der Waals surface area contributed by atoms with Crippen molar-refractivity contribution in [3.63, 3.8) is 0 Å². The number of unbranched alkanes of at least 4 members (excludes halogenated alkanes) is 3. The average Bonchev–Trinajstić information content (AvgIpc) is 1.61. The minimum atomic E-state index is 0. The van der Waals surface area contributed by atoms with E-state index in [1.54, 1.807) is 0 Å². The van der Waals surface area contributed by atoms with Crippen molar-refractivity contribution in [1.82, 2.24) is 0 Å². The van der Waals surface area contributed by atoms with E-state index < -0.39 is 0 Å². The minimum Gasteiger partial charge on any atom is -0.334 e. The molecule has 0 aliphatic carbocycles. The Labute approximate surface area is 70.4 Å². The van der Waals surface area contributed by atoms with E-state index in [9.17, 15) is 0 Å². The van der Waals surface area contributed by atoms with Crippen LogP contribution in [0.1, 0.15) is 26.7 Å². The van der Waals surface area contributed by atoms with Crippen LogP contribution >= 0.6 is 0 Å². The summed E-state index contributed by atoms with van der Waals surface area (Å²) in [5, 5.41) is 0. The smallest absolute Gasteiger partial charge is 0.334 e. The van der Waals surface area contributed by atoms with Gasteiger partial charge in [0.25, 0.3) is 0 Å². The molecule has 1 heteroatoms. The van der Waals surface area contributed by atoms with Crippen LogP contribution in [0.3, 0.4) is 0 Å². The fourth-order valence-electron chi connectivity index (χ4n) is 0.333. The van der Waals surface area contributed by atoms with Gasteiger partial charge in [0.1, 0.15) is 0 Å². The maximum Gasteiger partial charge on any atom is 2.00 e. The van der Waals surface area contributed by atoms with Crippen LogP contribution in [0.25, 0.3) is 0 Å². The van der Waals surface area contributed by atoms with Crippen LogP contribution in [0.2, 0.25) is 0 Å². The molecule has 0 aromatic rings. The van der Waals surface area contributed by atoms with Crippen LogP contribution < -0.4 is 0 Å². The first kappa shape index (κ1) is 10.9. The summed E-state index contributed by atoms with van der Waals surface area (Å²) in [7, 11) is 0. The molecule has 7 heavy (non-hydrogen) atoms. The average molecular weight is 322 g/mol. The number of rotatable bonds is 3. The van der Waals surface area contributed by atoms with Gasteiger partial charge in [-0.15, -0.1) is 0 Å². The second-order valence-electron chi connectivity index (χ2n) is 1.39. The van der Waals surface area contributed by atoms with Crippen LogP contribution in [0.4, 0.5) is 0 Å². The van der Waals surface area contributed by atoms with E-state index in [2.05, 4.69) is 26.7 Å². The van der Waals surface area contributed by atoms with Gasteiger partial charge < -0.3 is 12.8 Å². The first-order valence-electron chi connectivity index (χ1n) is 2.47. The van der Waals surface area contributed by atoms with Gasteiger partial charge in [0.15, 0.2) is 0 Å². The molecule has 0 radical (unpaired) electrons. The van der Waals surface area contributed by atoms with Gasteiger partial charge in [0.05, 0.1) is 0 Å². The topological polar surface area (TPSA) is 0 Å². The van der Waals surface area contributed by atoms with Crippen LogP contribution in [0.5, 0.6) is 0 Å². The maximum absolute atomic E-state index is 2.18. The molecule has 0 fully saturated rings. The van der Waals surface area contributed by atoms with E-state index >= 15 is 0 Å². The Morgan fingerprint density at radius 3 is 1.43 bits per heavy atom. The Morgan fingerprint density at radius 1 is 1.00 bits per heavy atom. The predicted octanol–water partition coefficient (Wildman–Crippen LogP) is 2.21. The molecule has 0 aliphatic rings. The summed E-state index contributed by atoms with van der Waals surface area (Å²) in [4.78, 5) is 0. The standard InChI is InChI=1S/C6H12.U/c1-3-5-6-4-2;/h3-4H,5-6H2,1-2H3;/q-2;+2. The maximum atomic E-state index is 2.18. The zero-order chi connectivity index (χ0) is 4.83. The molecule has 0 saturated heterocycles. The molecule has 0 rings (SSSR count). The van der Waals surface area contributed by atoms with Gasteiger partial charge in [-0.25, -0.2) is 12.8 Å². The molecule has 0 saturated carbocycles. The van der Waals surface area contributed by atoms with E-state index in [4.69, 9.17) is 0 Å². The molecular formula is C6H12U. The minimum absolute atomic E-state index is 0. The predicted molar refractivity (Wildman–Crippen MR) is 29.2 cm³/mol. The molecule has 0 nitrogen and oxygen atoms in total. The summed E-state index contributed by atoms with van der Waals surface area (Å²) in [6.45, 7) is 4.17. The van der Waals surface area contributed by atoms with Crippen molar-refractivity contribution < 1.29 is 31.1 Å². The molecule has 0 aromatic heterocycles. The largest absolute Gasteiger partial charge is 2.00 e. The third kappa shape index (κ3) is 11.0. The van der Waals surface area contributed by atoms with Crippen molar-refractivity contribution in [3.8, 4) is 0 Å². The zero-order valence-electron chi connectivity index (χ0n) is 5.07. The zero-order valence-corrected chi connectivity index (χ0v) is 9.23. The SMILES string of the molecule is C[CH-]CC[CH-]C.[U+2]. The van der Waals surface area contributed by atoms with E-state index in [1.165, 1.54) is 12.8 Å². The second-order valence-corrected chi connectivity index (χ2v) is 1.39. The van der Waals surface area contributed by atoms with Gasteiger partial charge in [0.2, 0.25) is 0 Å². The van der Waals surface area contributed by atoms with E-state index in [1.807, 2.05) is 0 Å². The molecule has 0 N–H and O–H groups in total. The Morgan fingerprint density at radius 2 is 1.29 bits per heavy atom. The van der Waals surface area contributed by atoms with Crippen LogP contribution in [0, 0.1) is 44.0 Å². The fraction of sp³-hybridized carbons (Fsp3) is 0.667. The summed E-state index contributed by atoms with van der Waals surface area (Å²) in [6.07, 6.45) is 6.83. The molecular weight excluding hydrogens is 310 g/mol. The monoisotopic (exact) mass is 322 g/mol. The molecule has 0 aromatic carbocycles. The van der Waals surface area contributed by atoms with Crippen molar-refractivity contribution in [2.45, 2.75) is 26.7 Å². The molecule has 0 heterocycles. The van der Waals surface area contributed by atoms with E-state index in [-0.39, 0.29) is 31.1 Å². The third-order valence-electron chi connectivity index (χ3n) is 0.744. The molecule has 0 unspecified atom stereocenters. The Kier molecular flexibility index (Phi) is 15.8. The van der Waals surface area contributed by atoms with E-state index in [0.29, 0.717) is 0 Å². The van der Waals surface area contributed by atoms with Crippen LogP contribution in [-0.2, 0) is 0 Å². The normalized spacial score (nSPS) is 7.71. The van der Waals surface area contributed by atoms with Crippen LogP contribution in [0.15, 0.2) is 0 Å². The third-order valence-corrected chi connectivity index (χ3v) is 0.744. The summed E-state index contributed by atoms with van der Waals surface area (Å²) in [5.41, 5.74) is 0. The number of hydrogen-bond acceptors (Lipinski definition) is 0. The van der Waals surface area contributed by atoms with Crippen molar-refractivity contribution in [2.75, 3.05) is 0 Å². The Hall–Kier alpha value is 1.05. The first-order valence-corrected chi connectivity index (χ1v) is 2.47. The molecule has 0 atom stereocenters. The second kappa shape index (κ2) is 10.1. The molecule has 0 aliphatic heterocycles. The van der Waals surface area contributed by atoms with Crippen LogP contribution in [-0.4, -0.2) is 0 Å². The molecule has 0 amide bonds. The Bertz CT molecular complexity index is 16.1. The Balaban J connectivity index is 0. The van der Waals surface area contributed by atoms with E-state index in [0.717, 1.165) is 0 Å². The summed E-state index contributed by atoms with van der Waals surface area (Å²) in [5.74, 6) is 0. The molecule has 0 bridgehead atoms. The van der Waals surface area contributed by atoms with Crippen molar-refractivity contribution in [2.24, 2.45) is 0 Å². The number of hydrogen-bond donors (Lipinski definition) is 0. The quantitative estimate of drug-likeness (QED) is 0.552. The summed E-state index contributed by atoms with van der Waals surface area (Å²) >= 11 is 0. The van der Waals surface area contributed by atoms with Gasteiger partial charge >= 0.3 is 31.1 Å². The van der Waals surface area contributed by atoms with Crippen molar-refractivity contribution in [1.29, 1.82) is 0 Å². The van der Waals surface area contributed by atoms with Gasteiger partial charge in [-0.05, 0) is 0 Å². The van der Waals surface area contributed by atoms with Gasteiger partial charge in [-0.3, -0.25) is 0 Å². The molecule has 40 valence electrons. The van der Waals surface area contributed by atoms with Gasteiger partial charge in [-0.1, -0.05) is 0 Å². The van der Waals surface area contributed by atoms with Gasteiger partial charge in [0, 0.05) is 0 Å². The van der Waals surface area contributed by atoms with Crippen molar-refractivity contribution >= 4 is 0 Å². The van der Waals surface area contributed by atoms with Crippen molar-refractivity contribution in [3.05, 3.63) is 12.8 Å².